The van der Waals surface area contributed by atoms with Gasteiger partial charge in [-0.3, -0.25) is 4.79 Å². The first-order valence-corrected chi connectivity index (χ1v) is 5.50. The van der Waals surface area contributed by atoms with Crippen LogP contribution < -0.4 is 5.32 Å². The molecule has 0 heterocycles. The largest absolute Gasteiger partial charge is 0.463 e. The Labute approximate surface area is 106 Å². The lowest BCUT2D eigenvalue weighted by Crippen LogP contribution is -2.51. The molecule has 1 atom stereocenters. The second-order valence-electron chi connectivity index (χ2n) is 3.92. The number of carbonyl (C=O) groups is 1. The van der Waals surface area contributed by atoms with Gasteiger partial charge in [-0.2, -0.15) is 22.0 Å². The van der Waals surface area contributed by atoms with Gasteiger partial charge >= 0.3 is 18.0 Å². The van der Waals surface area contributed by atoms with Crippen LogP contribution in [0.25, 0.3) is 0 Å². The van der Waals surface area contributed by atoms with Crippen LogP contribution in [0.3, 0.4) is 0 Å². The molecule has 1 aromatic rings. The van der Waals surface area contributed by atoms with Gasteiger partial charge in [-0.25, -0.2) is 0 Å². The number of nitrogens with one attached hydrogen (secondary N) is 1. The van der Waals surface area contributed by atoms with E-state index < -0.39 is 24.0 Å². The third-order valence-electron chi connectivity index (χ3n) is 2.56. The second-order valence-corrected chi connectivity index (χ2v) is 3.92. The summed E-state index contributed by atoms with van der Waals surface area (Å²) in [4.78, 5) is 11.1. The first kappa shape index (κ1) is 15.4. The van der Waals surface area contributed by atoms with E-state index in [9.17, 15) is 26.7 Å². The summed E-state index contributed by atoms with van der Waals surface area (Å²) in [6, 6.07) is 7.07. The predicted octanol–water partition coefficient (Wildman–Crippen LogP) is 3.45. The summed E-state index contributed by atoms with van der Waals surface area (Å²) < 4.78 is 61.7. The van der Waals surface area contributed by atoms with Gasteiger partial charge in [-0.15, -0.1) is 0 Å². The Balaban J connectivity index is 2.86. The molecule has 1 rings (SSSR count). The third kappa shape index (κ3) is 3.42. The van der Waals surface area contributed by atoms with Crippen molar-refractivity contribution in [2.45, 2.75) is 31.5 Å². The van der Waals surface area contributed by atoms with Gasteiger partial charge in [-0.05, 0) is 12.0 Å². The third-order valence-corrected chi connectivity index (χ3v) is 2.56. The highest BCUT2D eigenvalue weighted by atomic mass is 19.4. The van der Waals surface area contributed by atoms with Crippen molar-refractivity contribution in [3.05, 3.63) is 35.9 Å². The van der Waals surface area contributed by atoms with E-state index in [0.29, 0.717) is 5.56 Å². The van der Waals surface area contributed by atoms with Crippen molar-refractivity contribution in [3.8, 4) is 0 Å². The normalized spacial score (nSPS) is 14.0. The summed E-state index contributed by atoms with van der Waals surface area (Å²) in [6.45, 7) is 1.57. The number of benzene rings is 1. The zero-order chi connectivity index (χ0) is 14.7. The van der Waals surface area contributed by atoms with Crippen LogP contribution in [0.1, 0.15) is 24.9 Å². The SMILES string of the molecule is CCC(NC(=O)C(F)(F)C(F)(F)F)c1ccccc1. The Hall–Kier alpha value is -1.66. The van der Waals surface area contributed by atoms with Crippen LogP contribution >= 0.6 is 0 Å². The summed E-state index contributed by atoms with van der Waals surface area (Å²) in [5.74, 6) is -7.73. The first-order valence-electron chi connectivity index (χ1n) is 5.50. The monoisotopic (exact) mass is 281 g/mol. The van der Waals surface area contributed by atoms with Crippen molar-refractivity contribution in [2.24, 2.45) is 0 Å². The maximum absolute atomic E-state index is 12.8. The molecule has 0 aliphatic carbocycles. The Morgan fingerprint density at radius 3 is 2.11 bits per heavy atom. The van der Waals surface area contributed by atoms with Crippen molar-refractivity contribution >= 4 is 5.91 Å². The van der Waals surface area contributed by atoms with Crippen LogP contribution in [0.4, 0.5) is 22.0 Å². The first-order chi connectivity index (χ1) is 8.70. The van der Waals surface area contributed by atoms with E-state index >= 15 is 0 Å². The van der Waals surface area contributed by atoms with Gasteiger partial charge in [-0.1, -0.05) is 37.3 Å². The van der Waals surface area contributed by atoms with Crippen molar-refractivity contribution in [3.63, 3.8) is 0 Å². The molecule has 0 aliphatic heterocycles. The molecule has 0 saturated carbocycles. The summed E-state index contributed by atoms with van der Waals surface area (Å²) in [5.41, 5.74) is 0.469. The quantitative estimate of drug-likeness (QED) is 0.841. The number of rotatable bonds is 4. The summed E-state index contributed by atoms with van der Waals surface area (Å²) in [5, 5.41) is 1.72. The lowest BCUT2D eigenvalue weighted by molar-refractivity contribution is -0.270. The highest BCUT2D eigenvalue weighted by Crippen LogP contribution is 2.36. The van der Waals surface area contributed by atoms with E-state index in [2.05, 4.69) is 0 Å². The Morgan fingerprint density at radius 2 is 1.68 bits per heavy atom. The average molecular weight is 281 g/mol. The molecule has 0 aliphatic rings. The van der Waals surface area contributed by atoms with Crippen LogP contribution in [-0.4, -0.2) is 18.0 Å². The fourth-order valence-electron chi connectivity index (χ4n) is 1.48. The lowest BCUT2D eigenvalue weighted by atomic mass is 10.0. The maximum Gasteiger partial charge on any atom is 0.463 e. The van der Waals surface area contributed by atoms with Crippen molar-refractivity contribution in [1.29, 1.82) is 0 Å². The number of alkyl halides is 5. The van der Waals surface area contributed by atoms with Crippen LogP contribution in [-0.2, 0) is 4.79 Å². The van der Waals surface area contributed by atoms with E-state index in [1.54, 1.807) is 42.6 Å². The average Bonchev–Trinajstić information content (AvgIpc) is 2.35. The maximum atomic E-state index is 12.8. The van der Waals surface area contributed by atoms with Crippen molar-refractivity contribution < 1.29 is 26.7 Å². The molecular formula is C12H12F5NO. The molecule has 1 amide bonds. The minimum Gasteiger partial charge on any atom is -0.344 e. The molecule has 1 N–H and O–H groups in total. The fourth-order valence-corrected chi connectivity index (χ4v) is 1.48. The number of carbonyl (C=O) groups excluding carboxylic acids is 1. The van der Waals surface area contributed by atoms with E-state index in [4.69, 9.17) is 0 Å². The molecular weight excluding hydrogens is 269 g/mol. The minimum atomic E-state index is -5.90. The zero-order valence-electron chi connectivity index (χ0n) is 9.97. The molecule has 7 heteroatoms. The predicted molar refractivity (Wildman–Crippen MR) is 58.6 cm³/mol. The van der Waals surface area contributed by atoms with Gasteiger partial charge in [0.1, 0.15) is 0 Å². The highest BCUT2D eigenvalue weighted by molar-refractivity contribution is 5.84. The second kappa shape index (κ2) is 5.54. The summed E-state index contributed by atoms with van der Waals surface area (Å²) in [7, 11) is 0. The lowest BCUT2D eigenvalue weighted by Gasteiger charge is -2.23. The Bertz CT molecular complexity index is 429. The molecule has 0 saturated heterocycles. The standard InChI is InChI=1S/C12H12F5NO/c1-2-9(8-6-4-3-5-7-8)18-10(19)11(13,14)12(15,16)17/h3-7,9H,2H2,1H3,(H,18,19). The number of hydrogen-bond acceptors (Lipinski definition) is 1. The number of hydrogen-bond donors (Lipinski definition) is 1. The molecule has 0 aromatic heterocycles. The van der Waals surface area contributed by atoms with Crippen molar-refractivity contribution in [2.75, 3.05) is 0 Å². The number of halogens is 5. The van der Waals surface area contributed by atoms with Gasteiger partial charge in [0.05, 0.1) is 6.04 Å². The van der Waals surface area contributed by atoms with E-state index in [1.165, 1.54) is 0 Å². The smallest absolute Gasteiger partial charge is 0.344 e. The zero-order valence-corrected chi connectivity index (χ0v) is 9.97. The van der Waals surface area contributed by atoms with E-state index in [0.717, 1.165) is 0 Å². The number of amides is 1. The molecule has 2 nitrogen and oxygen atoms in total. The molecule has 0 radical (unpaired) electrons. The van der Waals surface area contributed by atoms with Crippen molar-refractivity contribution in [1.82, 2.24) is 5.32 Å². The summed E-state index contributed by atoms with van der Waals surface area (Å²) >= 11 is 0. The Morgan fingerprint density at radius 1 is 1.16 bits per heavy atom. The molecule has 0 bridgehead atoms. The van der Waals surface area contributed by atoms with Crippen LogP contribution in [0.15, 0.2) is 30.3 Å². The molecule has 19 heavy (non-hydrogen) atoms. The molecule has 0 fully saturated rings. The van der Waals surface area contributed by atoms with Gasteiger partial charge in [0.2, 0.25) is 0 Å². The Kier molecular flexibility index (Phi) is 4.49. The van der Waals surface area contributed by atoms with Gasteiger partial charge in [0, 0.05) is 0 Å². The van der Waals surface area contributed by atoms with Gasteiger partial charge in [0.15, 0.2) is 0 Å². The van der Waals surface area contributed by atoms with Crippen LogP contribution in [0.2, 0.25) is 0 Å². The molecule has 1 unspecified atom stereocenters. The van der Waals surface area contributed by atoms with E-state index in [1.807, 2.05) is 0 Å². The van der Waals surface area contributed by atoms with Gasteiger partial charge in [0.25, 0.3) is 0 Å². The summed E-state index contributed by atoms with van der Waals surface area (Å²) in [6.07, 6.45) is -5.70. The van der Waals surface area contributed by atoms with Crippen LogP contribution in [0, 0.1) is 0 Å². The van der Waals surface area contributed by atoms with E-state index in [-0.39, 0.29) is 6.42 Å². The van der Waals surface area contributed by atoms with Gasteiger partial charge < -0.3 is 5.32 Å². The minimum absolute atomic E-state index is 0.198. The highest BCUT2D eigenvalue weighted by Gasteiger charge is 2.63. The fraction of sp³-hybridized carbons (Fsp3) is 0.417. The molecule has 1 aromatic carbocycles. The molecule has 0 spiro atoms. The molecule has 106 valence electrons. The van der Waals surface area contributed by atoms with Crippen LogP contribution in [0.5, 0.6) is 0 Å². The topological polar surface area (TPSA) is 29.1 Å².